The van der Waals surface area contributed by atoms with Crippen molar-refractivity contribution in [2.45, 2.75) is 385 Å². The lowest BCUT2D eigenvalue weighted by molar-refractivity contribution is -0.143. The lowest BCUT2D eigenvalue weighted by Crippen LogP contribution is -2.19. The highest BCUT2D eigenvalue weighted by Gasteiger charge is 2.29. The Morgan fingerprint density at radius 1 is 0.233 bits per heavy atom. The molecule has 510 valence electrons. The van der Waals surface area contributed by atoms with E-state index in [0.717, 1.165) is 77.0 Å². The zero-order chi connectivity index (χ0) is 63.0. The van der Waals surface area contributed by atoms with Crippen LogP contribution in [0.25, 0.3) is 0 Å². The van der Waals surface area contributed by atoms with Crippen LogP contribution >= 0.6 is 58.6 Å². The van der Waals surface area contributed by atoms with Crippen LogP contribution in [0, 0.1) is 0 Å². The van der Waals surface area contributed by atoms with Crippen molar-refractivity contribution < 1.29 is 47.2 Å². The second-order valence-electron chi connectivity index (χ2n) is 24.3. The molecule has 0 aliphatic heterocycles. The van der Waals surface area contributed by atoms with Crippen molar-refractivity contribution in [3.8, 4) is 0 Å². The first-order valence-electron chi connectivity index (χ1n) is 36.2. The number of hydrogen-bond donors (Lipinski definition) is 0. The quantitative estimate of drug-likeness (QED) is 0.0248. The van der Waals surface area contributed by atoms with E-state index in [2.05, 4.69) is 27.7 Å². The molecule has 0 heterocycles. The third kappa shape index (κ3) is 59.1. The molecular weight excluding hydrogens is 1190 g/mol. The smallest absolute Gasteiger partial charge is 0.319 e. The minimum atomic E-state index is -1.24. The molecule has 0 bridgehead atoms. The van der Waals surface area contributed by atoms with Gasteiger partial charge in [0.1, 0.15) is 21.0 Å². The SMILES string of the molecule is CCCCCCCCCCCCCOC(=O)C(C)SP(OCCCCCCOP(SC(C)C(=O)OCCCCCCCCCCCCC)SC(C)C(=O)OCCCCCCCCCCCCC)SC(C)C(=O)OCCCCCCCCCCCCC. The Morgan fingerprint density at radius 2 is 0.372 bits per heavy atom. The molecule has 86 heavy (non-hydrogen) atoms. The molecule has 0 fully saturated rings. The Morgan fingerprint density at radius 3 is 0.535 bits per heavy atom. The standard InChI is InChI=1S/C70H136O10P2S4/c1-9-13-17-21-25-29-33-37-41-45-51-57-75-67(71)63(5)83-81(84-64(6)68(72)76-58-52-46-42-38-34-30-26-22-18-14-10-2)79-61-55-49-50-56-62-80-82(85-65(7)69(73)77-59-53-47-43-39-35-31-27-23-19-15-11-3)86-66(8)70(74)78-60-54-48-44-40-36-32-28-24-20-16-12-4/h63-66H,9-62H2,1-8H3. The summed E-state index contributed by atoms with van der Waals surface area (Å²) in [7, 11) is 0. The molecule has 0 rings (SSSR count). The summed E-state index contributed by atoms with van der Waals surface area (Å²) < 4.78 is 36.0. The molecular formula is C70H136O10P2S4. The maximum Gasteiger partial charge on any atom is 0.319 e. The highest BCUT2D eigenvalue weighted by molar-refractivity contribution is 8.87. The van der Waals surface area contributed by atoms with Crippen LogP contribution in [0.5, 0.6) is 0 Å². The topological polar surface area (TPSA) is 124 Å². The van der Waals surface area contributed by atoms with Gasteiger partial charge in [0.05, 0.1) is 39.6 Å². The normalized spacial score (nSPS) is 13.7. The van der Waals surface area contributed by atoms with Gasteiger partial charge in [-0.2, -0.15) is 0 Å². The van der Waals surface area contributed by atoms with E-state index in [4.69, 9.17) is 28.0 Å². The molecule has 0 spiro atoms. The molecule has 0 aromatic carbocycles. The molecule has 0 aliphatic rings. The van der Waals surface area contributed by atoms with Crippen LogP contribution < -0.4 is 0 Å². The second-order valence-corrected chi connectivity index (χ2v) is 37.3. The van der Waals surface area contributed by atoms with Crippen molar-refractivity contribution in [1.82, 2.24) is 0 Å². The summed E-state index contributed by atoms with van der Waals surface area (Å²) in [4.78, 5) is 52.9. The number of esters is 4. The van der Waals surface area contributed by atoms with Gasteiger partial charge in [0.15, 0.2) is 13.1 Å². The van der Waals surface area contributed by atoms with Crippen LogP contribution in [0.3, 0.4) is 0 Å². The van der Waals surface area contributed by atoms with Crippen molar-refractivity contribution >= 4 is 82.5 Å². The van der Waals surface area contributed by atoms with E-state index in [9.17, 15) is 19.2 Å². The molecule has 0 radical (unpaired) electrons. The number of ether oxygens (including phenoxy) is 4. The van der Waals surface area contributed by atoms with Gasteiger partial charge in [-0.25, -0.2) is 0 Å². The minimum absolute atomic E-state index is 0.224. The number of carbonyl (C=O) groups is 4. The van der Waals surface area contributed by atoms with E-state index in [1.807, 2.05) is 27.7 Å². The molecule has 0 aromatic heterocycles. The predicted octanol–water partition coefficient (Wildman–Crippen LogP) is 24.9. The lowest BCUT2D eigenvalue weighted by Gasteiger charge is -2.22. The first-order valence-corrected chi connectivity index (χ1v) is 44.7. The average molecular weight is 1330 g/mol. The maximum atomic E-state index is 13.2. The van der Waals surface area contributed by atoms with Crippen LogP contribution in [-0.4, -0.2) is 84.5 Å². The van der Waals surface area contributed by atoms with Crippen LogP contribution in [-0.2, 0) is 47.2 Å². The van der Waals surface area contributed by atoms with Crippen LogP contribution in [0.15, 0.2) is 0 Å². The van der Waals surface area contributed by atoms with Gasteiger partial charge >= 0.3 is 23.9 Å². The Labute approximate surface area is 550 Å². The molecule has 0 amide bonds. The minimum Gasteiger partial charge on any atom is -0.465 e. The van der Waals surface area contributed by atoms with Gasteiger partial charge in [-0.15, -0.1) is 0 Å². The fourth-order valence-corrected chi connectivity index (χ4v) is 24.1. The van der Waals surface area contributed by atoms with Crippen molar-refractivity contribution in [1.29, 1.82) is 0 Å². The van der Waals surface area contributed by atoms with Crippen LogP contribution in [0.4, 0.5) is 0 Å². The Kier molecular flexibility index (Phi) is 68.0. The first-order chi connectivity index (χ1) is 42.0. The molecule has 10 nitrogen and oxygen atoms in total. The summed E-state index contributed by atoms with van der Waals surface area (Å²) in [5.41, 5.74) is 0. The monoisotopic (exact) mass is 1330 g/mol. The summed E-state index contributed by atoms with van der Waals surface area (Å²) in [6, 6.07) is 0. The summed E-state index contributed by atoms with van der Waals surface area (Å²) in [6.45, 7) is 16.9. The second kappa shape index (κ2) is 67.9. The van der Waals surface area contributed by atoms with Gasteiger partial charge in [-0.3, -0.25) is 19.2 Å². The Balaban J connectivity index is 5.25. The number of unbranched alkanes of at least 4 members (excludes halogenated alkanes) is 43. The molecule has 4 atom stereocenters. The summed E-state index contributed by atoms with van der Waals surface area (Å²) in [5, 5.41) is -1.66. The predicted molar refractivity (Wildman–Crippen MR) is 382 cm³/mol. The highest BCUT2D eigenvalue weighted by Crippen LogP contribution is 2.66. The van der Waals surface area contributed by atoms with Crippen molar-refractivity contribution in [2.75, 3.05) is 39.6 Å². The third-order valence-electron chi connectivity index (χ3n) is 15.7. The fourth-order valence-electron chi connectivity index (χ4n) is 9.92. The number of carbonyl (C=O) groups excluding carboxylic acids is 4. The molecule has 0 N–H and O–H groups in total. The van der Waals surface area contributed by atoms with E-state index in [1.54, 1.807) is 0 Å². The summed E-state index contributed by atoms with van der Waals surface area (Å²) in [5.74, 6) is -0.894. The van der Waals surface area contributed by atoms with Gasteiger partial charge in [0, 0.05) is 0 Å². The average Bonchev–Trinajstić information content (AvgIpc) is 3.66. The Hall–Kier alpha value is 0.0600. The summed E-state index contributed by atoms with van der Waals surface area (Å²) >= 11 is 5.90. The van der Waals surface area contributed by atoms with Crippen molar-refractivity contribution in [3.63, 3.8) is 0 Å². The first kappa shape index (κ1) is 86.1. The van der Waals surface area contributed by atoms with E-state index in [0.29, 0.717) is 39.6 Å². The van der Waals surface area contributed by atoms with Gasteiger partial charge in [-0.1, -0.05) is 343 Å². The lowest BCUT2D eigenvalue weighted by atomic mass is 10.1. The molecule has 16 heteroatoms. The van der Waals surface area contributed by atoms with Gasteiger partial charge in [-0.05, 0) is 66.2 Å². The van der Waals surface area contributed by atoms with Gasteiger partial charge in [0.2, 0.25) is 0 Å². The van der Waals surface area contributed by atoms with Crippen LogP contribution in [0.2, 0.25) is 0 Å². The van der Waals surface area contributed by atoms with Gasteiger partial charge in [0.25, 0.3) is 0 Å². The third-order valence-corrected chi connectivity index (χ3v) is 29.4. The van der Waals surface area contributed by atoms with E-state index < -0.39 is 34.1 Å². The number of hydrogen-bond acceptors (Lipinski definition) is 14. The van der Waals surface area contributed by atoms with E-state index in [-0.39, 0.29) is 23.9 Å². The van der Waals surface area contributed by atoms with Crippen molar-refractivity contribution in [3.05, 3.63) is 0 Å². The van der Waals surface area contributed by atoms with Gasteiger partial charge < -0.3 is 28.0 Å². The summed E-state index contributed by atoms with van der Waals surface area (Å²) in [6.07, 6.45) is 58.3. The molecule has 0 aromatic rings. The largest absolute Gasteiger partial charge is 0.465 e. The molecule has 0 saturated heterocycles. The van der Waals surface area contributed by atoms with Crippen molar-refractivity contribution in [2.24, 2.45) is 0 Å². The Bertz CT molecular complexity index is 1290. The maximum absolute atomic E-state index is 13.2. The fraction of sp³-hybridized carbons (Fsp3) is 0.943. The number of rotatable bonds is 69. The highest BCUT2D eigenvalue weighted by atomic mass is 33.1. The molecule has 4 unspecified atom stereocenters. The zero-order valence-corrected chi connectivity index (χ0v) is 62.2. The van der Waals surface area contributed by atoms with Crippen LogP contribution in [0.1, 0.15) is 364 Å². The zero-order valence-electron chi connectivity index (χ0n) is 57.1. The molecule has 0 aliphatic carbocycles. The van der Waals surface area contributed by atoms with E-state index >= 15 is 0 Å². The van der Waals surface area contributed by atoms with E-state index in [1.165, 1.54) is 277 Å². The molecule has 0 saturated carbocycles.